The van der Waals surface area contributed by atoms with E-state index in [0.717, 1.165) is 24.9 Å². The molecule has 1 aromatic rings. The molecule has 2 aliphatic rings. The molecule has 1 unspecified atom stereocenters. The molecule has 0 aliphatic carbocycles. The average Bonchev–Trinajstić information content (AvgIpc) is 2.71. The third kappa shape index (κ3) is 2.26. The summed E-state index contributed by atoms with van der Waals surface area (Å²) in [5.74, 6) is -0.337. The second-order valence-corrected chi connectivity index (χ2v) is 5.06. The van der Waals surface area contributed by atoms with E-state index in [1.807, 2.05) is 30.2 Å². The first kappa shape index (κ1) is 12.6. The van der Waals surface area contributed by atoms with Gasteiger partial charge in [-0.15, -0.1) is 0 Å². The molecule has 2 heterocycles. The van der Waals surface area contributed by atoms with Gasteiger partial charge in [0.2, 0.25) is 0 Å². The maximum absolute atomic E-state index is 12.2. The number of carbonyl (C=O) groups is 1. The standard InChI is InChI=1S/C15H19NO3/c1-2-18-15(17)13-12-9-6-10-16(19-12)14(13)11-7-4-3-5-8-11/h3-5,7-8,12-14H,2,6,9-10H2,1H3/t12-,13+,14-/m1/s1. The van der Waals surface area contributed by atoms with E-state index in [-0.39, 0.29) is 24.0 Å². The first-order valence-corrected chi connectivity index (χ1v) is 6.96. The Morgan fingerprint density at radius 2 is 2.21 bits per heavy atom. The van der Waals surface area contributed by atoms with Crippen LogP contribution in [0.5, 0.6) is 0 Å². The monoisotopic (exact) mass is 261 g/mol. The smallest absolute Gasteiger partial charge is 0.313 e. The molecule has 2 aliphatic heterocycles. The maximum Gasteiger partial charge on any atom is 0.313 e. The lowest BCUT2D eigenvalue weighted by Gasteiger charge is -2.25. The molecule has 4 atom stereocenters. The molecule has 19 heavy (non-hydrogen) atoms. The lowest BCUT2D eigenvalue weighted by Crippen LogP contribution is -2.29. The van der Waals surface area contributed by atoms with Gasteiger partial charge in [-0.25, -0.2) is 0 Å². The van der Waals surface area contributed by atoms with Crippen LogP contribution in [0.1, 0.15) is 31.4 Å². The van der Waals surface area contributed by atoms with Crippen molar-refractivity contribution in [2.75, 3.05) is 13.2 Å². The van der Waals surface area contributed by atoms with Crippen LogP contribution in [0.4, 0.5) is 0 Å². The van der Waals surface area contributed by atoms with Crippen molar-refractivity contribution in [3.63, 3.8) is 0 Å². The topological polar surface area (TPSA) is 38.8 Å². The quantitative estimate of drug-likeness (QED) is 0.783. The second-order valence-electron chi connectivity index (χ2n) is 5.06. The van der Waals surface area contributed by atoms with Crippen LogP contribution in [0, 0.1) is 5.92 Å². The van der Waals surface area contributed by atoms with E-state index in [1.165, 1.54) is 0 Å². The predicted octanol–water partition coefficient (Wildman–Crippen LogP) is 2.32. The van der Waals surface area contributed by atoms with Gasteiger partial charge in [0.25, 0.3) is 0 Å². The van der Waals surface area contributed by atoms with Crippen molar-refractivity contribution in [1.29, 1.82) is 0 Å². The van der Waals surface area contributed by atoms with Crippen molar-refractivity contribution >= 4 is 5.97 Å². The number of fused-ring (bicyclic) bond motifs is 2. The Labute approximate surface area is 113 Å². The minimum Gasteiger partial charge on any atom is -0.466 e. The van der Waals surface area contributed by atoms with Crippen LogP contribution in [-0.2, 0) is 14.4 Å². The molecule has 3 rings (SSSR count). The van der Waals surface area contributed by atoms with Crippen LogP contribution < -0.4 is 0 Å². The van der Waals surface area contributed by atoms with Crippen LogP contribution in [-0.4, -0.2) is 30.3 Å². The number of ether oxygens (including phenoxy) is 1. The van der Waals surface area contributed by atoms with Crippen molar-refractivity contribution in [2.24, 2.45) is 5.92 Å². The highest BCUT2D eigenvalue weighted by molar-refractivity contribution is 5.74. The number of hydrogen-bond acceptors (Lipinski definition) is 4. The summed E-state index contributed by atoms with van der Waals surface area (Å²) >= 11 is 0. The van der Waals surface area contributed by atoms with Gasteiger partial charge in [-0.3, -0.25) is 9.63 Å². The highest BCUT2D eigenvalue weighted by Crippen LogP contribution is 2.44. The van der Waals surface area contributed by atoms with Gasteiger partial charge in [0, 0.05) is 6.54 Å². The lowest BCUT2D eigenvalue weighted by molar-refractivity contribution is -0.187. The van der Waals surface area contributed by atoms with Gasteiger partial charge >= 0.3 is 5.97 Å². The Bertz CT molecular complexity index is 448. The summed E-state index contributed by atoms with van der Waals surface area (Å²) in [4.78, 5) is 18.1. The molecular weight excluding hydrogens is 242 g/mol. The number of hydrogen-bond donors (Lipinski definition) is 0. The van der Waals surface area contributed by atoms with E-state index in [4.69, 9.17) is 9.57 Å². The molecule has 1 aromatic carbocycles. The maximum atomic E-state index is 12.2. The molecule has 2 fully saturated rings. The Hall–Kier alpha value is -1.39. The number of rotatable bonds is 3. The van der Waals surface area contributed by atoms with Gasteiger partial charge in [0.1, 0.15) is 5.92 Å². The zero-order chi connectivity index (χ0) is 13.2. The molecule has 0 saturated carbocycles. The number of esters is 1. The summed E-state index contributed by atoms with van der Waals surface area (Å²) in [6.45, 7) is 3.15. The highest BCUT2D eigenvalue weighted by Gasteiger charge is 2.50. The summed E-state index contributed by atoms with van der Waals surface area (Å²) in [5.41, 5.74) is 1.13. The zero-order valence-electron chi connectivity index (χ0n) is 11.1. The minimum absolute atomic E-state index is 0.00671. The van der Waals surface area contributed by atoms with Crippen LogP contribution in [0.15, 0.2) is 30.3 Å². The van der Waals surface area contributed by atoms with Crippen LogP contribution in [0.3, 0.4) is 0 Å². The van der Waals surface area contributed by atoms with E-state index in [1.54, 1.807) is 0 Å². The summed E-state index contributed by atoms with van der Waals surface area (Å²) in [7, 11) is 0. The zero-order valence-corrected chi connectivity index (χ0v) is 11.1. The van der Waals surface area contributed by atoms with Crippen molar-refractivity contribution in [3.8, 4) is 0 Å². The minimum atomic E-state index is -0.204. The highest BCUT2D eigenvalue weighted by atomic mass is 16.7. The third-order valence-electron chi connectivity index (χ3n) is 3.89. The van der Waals surface area contributed by atoms with Gasteiger partial charge in [0.05, 0.1) is 18.8 Å². The molecule has 2 bridgehead atoms. The molecule has 4 nitrogen and oxygen atoms in total. The summed E-state index contributed by atoms with van der Waals surface area (Å²) in [6.07, 6.45) is 1.98. The molecular formula is C15H19NO3. The van der Waals surface area contributed by atoms with E-state index < -0.39 is 0 Å². The molecule has 0 N–H and O–H groups in total. The second kappa shape index (κ2) is 5.31. The van der Waals surface area contributed by atoms with E-state index in [2.05, 4.69) is 12.1 Å². The number of benzene rings is 1. The van der Waals surface area contributed by atoms with Gasteiger partial charge in [0.15, 0.2) is 0 Å². The average molecular weight is 261 g/mol. The van der Waals surface area contributed by atoms with Crippen molar-refractivity contribution in [1.82, 2.24) is 5.06 Å². The molecule has 0 spiro atoms. The van der Waals surface area contributed by atoms with Crippen molar-refractivity contribution < 1.29 is 14.4 Å². The molecule has 0 amide bonds. The number of nitrogens with zero attached hydrogens (tertiary/aromatic N) is 1. The molecule has 2 saturated heterocycles. The van der Waals surface area contributed by atoms with Gasteiger partial charge in [-0.05, 0) is 25.3 Å². The molecule has 0 aromatic heterocycles. The summed E-state index contributed by atoms with van der Waals surface area (Å²) in [5, 5.41) is 1.96. The summed E-state index contributed by atoms with van der Waals surface area (Å²) in [6, 6.07) is 10.1. The van der Waals surface area contributed by atoms with Crippen LogP contribution in [0.2, 0.25) is 0 Å². The first-order chi connectivity index (χ1) is 9.31. The Kier molecular flexibility index (Phi) is 3.53. The first-order valence-electron chi connectivity index (χ1n) is 6.96. The fourth-order valence-electron chi connectivity index (χ4n) is 3.10. The fourth-order valence-corrected chi connectivity index (χ4v) is 3.10. The van der Waals surface area contributed by atoms with Gasteiger partial charge in [-0.2, -0.15) is 5.06 Å². The van der Waals surface area contributed by atoms with Gasteiger partial charge in [-0.1, -0.05) is 30.3 Å². The Balaban J connectivity index is 1.92. The fraction of sp³-hybridized carbons (Fsp3) is 0.533. The Morgan fingerprint density at radius 3 is 2.95 bits per heavy atom. The normalized spacial score (nSPS) is 33.1. The van der Waals surface area contributed by atoms with E-state index in [0.29, 0.717) is 6.61 Å². The SMILES string of the molecule is CCOC(=O)[C@@H]1[C@@H](c2ccccc2)N2CCC[C@H]1O2. The summed E-state index contributed by atoms with van der Waals surface area (Å²) < 4.78 is 5.24. The Morgan fingerprint density at radius 1 is 1.42 bits per heavy atom. The largest absolute Gasteiger partial charge is 0.466 e. The van der Waals surface area contributed by atoms with E-state index >= 15 is 0 Å². The molecule has 0 radical (unpaired) electrons. The lowest BCUT2D eigenvalue weighted by atomic mass is 9.89. The number of hydroxylamine groups is 2. The van der Waals surface area contributed by atoms with E-state index in [9.17, 15) is 4.79 Å². The molecule has 4 heteroatoms. The van der Waals surface area contributed by atoms with Crippen LogP contribution in [0.25, 0.3) is 0 Å². The van der Waals surface area contributed by atoms with Crippen molar-refractivity contribution in [2.45, 2.75) is 31.9 Å². The predicted molar refractivity (Wildman–Crippen MR) is 70.1 cm³/mol. The van der Waals surface area contributed by atoms with Crippen molar-refractivity contribution in [3.05, 3.63) is 35.9 Å². The van der Waals surface area contributed by atoms with Gasteiger partial charge < -0.3 is 4.74 Å². The van der Waals surface area contributed by atoms with Crippen LogP contribution >= 0.6 is 0 Å². The molecule has 102 valence electrons. The number of carbonyl (C=O) groups excluding carboxylic acids is 1. The third-order valence-corrected chi connectivity index (χ3v) is 3.89.